The molecule has 3 rings (SSSR count). The molecular weight excluding hydrogens is 332 g/mol. The van der Waals surface area contributed by atoms with Crippen molar-refractivity contribution in [3.8, 4) is 0 Å². The van der Waals surface area contributed by atoms with Crippen LogP contribution in [0, 0.1) is 0 Å². The molecule has 1 aromatic heterocycles. The van der Waals surface area contributed by atoms with E-state index in [-0.39, 0.29) is 29.5 Å². The van der Waals surface area contributed by atoms with Crippen LogP contribution in [0.4, 0.5) is 0 Å². The van der Waals surface area contributed by atoms with Crippen molar-refractivity contribution in [2.75, 3.05) is 24.6 Å². The van der Waals surface area contributed by atoms with E-state index >= 15 is 0 Å². The Morgan fingerprint density at radius 3 is 2.74 bits per heavy atom. The van der Waals surface area contributed by atoms with Crippen LogP contribution < -0.4 is 5.32 Å². The van der Waals surface area contributed by atoms with E-state index in [2.05, 4.69) is 10.2 Å². The van der Waals surface area contributed by atoms with E-state index < -0.39 is 9.84 Å². The molecule has 0 aromatic carbocycles. The quantitative estimate of drug-likeness (QED) is 0.833. The molecule has 2 unspecified atom stereocenters. The zero-order valence-corrected chi connectivity index (χ0v) is 14.6. The van der Waals surface area contributed by atoms with Gasteiger partial charge < -0.3 is 5.32 Å². The summed E-state index contributed by atoms with van der Waals surface area (Å²) >= 11 is 1.56. The number of carbonyl (C=O) groups excluding carboxylic acids is 1. The van der Waals surface area contributed by atoms with Gasteiger partial charge in [0.05, 0.1) is 17.5 Å². The Kier molecular flexibility index (Phi) is 5.18. The smallest absolute Gasteiger partial charge is 0.244 e. The van der Waals surface area contributed by atoms with E-state index in [4.69, 9.17) is 0 Å². The summed E-state index contributed by atoms with van der Waals surface area (Å²) in [6.07, 6.45) is 6.67. The maximum atomic E-state index is 12.1. The predicted octanol–water partition coefficient (Wildman–Crippen LogP) is 1.53. The Balaban J connectivity index is 1.65. The summed E-state index contributed by atoms with van der Waals surface area (Å²) in [6.45, 7) is 1.86. The molecule has 2 saturated heterocycles. The maximum absolute atomic E-state index is 12.1. The van der Waals surface area contributed by atoms with Gasteiger partial charge in [-0.2, -0.15) is 0 Å². The molecule has 2 atom stereocenters. The molecule has 0 saturated carbocycles. The van der Waals surface area contributed by atoms with Crippen LogP contribution in [0.2, 0.25) is 0 Å². The Hall–Kier alpha value is -1.18. The van der Waals surface area contributed by atoms with Gasteiger partial charge >= 0.3 is 0 Å². The number of likely N-dealkylation sites (tertiary alicyclic amines) is 1. The van der Waals surface area contributed by atoms with Crippen molar-refractivity contribution in [3.63, 3.8) is 0 Å². The summed E-state index contributed by atoms with van der Waals surface area (Å²) < 4.78 is 24.1. The minimum atomic E-state index is -3.08. The first kappa shape index (κ1) is 16.7. The third-order valence-corrected chi connectivity index (χ3v) is 7.01. The highest BCUT2D eigenvalue weighted by Gasteiger charge is 2.41. The SMILES string of the molecule is O=C(/C=C/c1cccs1)NC1CS(=O)(=O)CC1N1CCCCC1. The molecule has 0 radical (unpaired) electrons. The molecule has 1 amide bonds. The van der Waals surface area contributed by atoms with Crippen LogP contribution in [0.5, 0.6) is 0 Å². The summed E-state index contributed by atoms with van der Waals surface area (Å²) in [7, 11) is -3.08. The number of piperidine rings is 1. The highest BCUT2D eigenvalue weighted by atomic mass is 32.2. The molecular formula is C16H22N2O3S2. The summed E-state index contributed by atoms with van der Waals surface area (Å²) in [5, 5.41) is 4.85. The van der Waals surface area contributed by atoms with Crippen LogP contribution in [0.15, 0.2) is 23.6 Å². The number of thiophene rings is 1. The topological polar surface area (TPSA) is 66.5 Å². The fourth-order valence-corrected chi connectivity index (χ4v) is 5.92. The molecule has 1 N–H and O–H groups in total. The molecule has 23 heavy (non-hydrogen) atoms. The third-order valence-electron chi connectivity index (χ3n) is 4.45. The molecule has 5 nitrogen and oxygen atoms in total. The molecule has 126 valence electrons. The minimum Gasteiger partial charge on any atom is -0.347 e. The van der Waals surface area contributed by atoms with Gasteiger partial charge in [0.1, 0.15) is 0 Å². The number of rotatable bonds is 4. The van der Waals surface area contributed by atoms with Crippen molar-refractivity contribution in [2.45, 2.75) is 31.3 Å². The lowest BCUT2D eigenvalue weighted by Crippen LogP contribution is -2.52. The minimum absolute atomic E-state index is 0.0484. The zero-order chi connectivity index (χ0) is 16.3. The first-order valence-electron chi connectivity index (χ1n) is 8.00. The predicted molar refractivity (Wildman–Crippen MR) is 93.1 cm³/mol. The number of amides is 1. The van der Waals surface area contributed by atoms with E-state index in [1.807, 2.05) is 17.5 Å². The van der Waals surface area contributed by atoms with Crippen molar-refractivity contribution in [2.24, 2.45) is 0 Å². The number of hydrogen-bond acceptors (Lipinski definition) is 5. The second kappa shape index (κ2) is 7.15. The summed E-state index contributed by atoms with van der Waals surface area (Å²) in [5.41, 5.74) is 0. The van der Waals surface area contributed by atoms with Crippen LogP contribution in [0.1, 0.15) is 24.1 Å². The van der Waals surface area contributed by atoms with Crippen LogP contribution in [0.25, 0.3) is 6.08 Å². The van der Waals surface area contributed by atoms with Gasteiger partial charge in [0.15, 0.2) is 9.84 Å². The lowest BCUT2D eigenvalue weighted by atomic mass is 10.0. The fraction of sp³-hybridized carbons (Fsp3) is 0.562. The molecule has 3 heterocycles. The lowest BCUT2D eigenvalue weighted by Gasteiger charge is -2.34. The van der Waals surface area contributed by atoms with Crippen molar-refractivity contribution in [3.05, 3.63) is 28.5 Å². The Morgan fingerprint density at radius 1 is 1.26 bits per heavy atom. The monoisotopic (exact) mass is 354 g/mol. The van der Waals surface area contributed by atoms with E-state index in [1.165, 1.54) is 12.5 Å². The van der Waals surface area contributed by atoms with Gasteiger partial charge in [-0.05, 0) is 43.5 Å². The summed E-state index contributed by atoms with van der Waals surface area (Å²) in [5.74, 6) is -0.0122. The molecule has 0 spiro atoms. The molecule has 1 aromatic rings. The van der Waals surface area contributed by atoms with E-state index in [0.717, 1.165) is 30.8 Å². The highest BCUT2D eigenvalue weighted by molar-refractivity contribution is 7.91. The normalized spacial score (nSPS) is 28.2. The third kappa shape index (κ3) is 4.43. The molecule has 2 aliphatic rings. The molecule has 2 aliphatic heterocycles. The molecule has 0 bridgehead atoms. The second-order valence-corrected chi connectivity index (χ2v) is 9.34. The Labute approximate surface area is 141 Å². The Bertz CT molecular complexity index is 662. The molecule has 0 aliphatic carbocycles. The van der Waals surface area contributed by atoms with E-state index in [1.54, 1.807) is 17.4 Å². The van der Waals surface area contributed by atoms with Gasteiger partial charge in [-0.3, -0.25) is 9.69 Å². The van der Waals surface area contributed by atoms with Gasteiger partial charge in [-0.25, -0.2) is 8.42 Å². The number of sulfone groups is 1. The van der Waals surface area contributed by atoms with E-state index in [0.29, 0.717) is 0 Å². The highest BCUT2D eigenvalue weighted by Crippen LogP contribution is 2.22. The average molecular weight is 354 g/mol. The van der Waals surface area contributed by atoms with Crippen LogP contribution in [0.3, 0.4) is 0 Å². The van der Waals surface area contributed by atoms with Crippen molar-refractivity contribution in [1.29, 1.82) is 0 Å². The van der Waals surface area contributed by atoms with Crippen molar-refractivity contribution < 1.29 is 13.2 Å². The largest absolute Gasteiger partial charge is 0.347 e. The van der Waals surface area contributed by atoms with Gasteiger partial charge in [0.2, 0.25) is 5.91 Å². The molecule has 7 heteroatoms. The second-order valence-electron chi connectivity index (χ2n) is 6.20. The van der Waals surface area contributed by atoms with Crippen molar-refractivity contribution in [1.82, 2.24) is 10.2 Å². The van der Waals surface area contributed by atoms with Crippen LogP contribution in [-0.2, 0) is 14.6 Å². The fourth-order valence-electron chi connectivity index (χ4n) is 3.35. The average Bonchev–Trinajstić information content (AvgIpc) is 3.13. The number of nitrogens with one attached hydrogen (secondary N) is 1. The summed E-state index contributed by atoms with van der Waals surface area (Å²) in [6, 6.07) is 3.47. The molecule has 2 fully saturated rings. The number of hydrogen-bond donors (Lipinski definition) is 1. The maximum Gasteiger partial charge on any atom is 0.244 e. The standard InChI is InChI=1S/C16H22N2O3S2/c19-16(7-6-13-5-4-10-22-13)17-14-11-23(20,21)12-15(14)18-8-2-1-3-9-18/h4-7,10,14-15H,1-3,8-9,11-12H2,(H,17,19)/b7-6+. The van der Waals surface area contributed by atoms with Crippen LogP contribution in [-0.4, -0.2) is 55.9 Å². The summed E-state index contributed by atoms with van der Waals surface area (Å²) in [4.78, 5) is 15.4. The van der Waals surface area contributed by atoms with Crippen molar-refractivity contribution >= 4 is 33.2 Å². The van der Waals surface area contributed by atoms with Gasteiger partial charge in [0.25, 0.3) is 0 Å². The van der Waals surface area contributed by atoms with Gasteiger partial charge in [-0.1, -0.05) is 12.5 Å². The number of carbonyl (C=O) groups is 1. The lowest BCUT2D eigenvalue weighted by molar-refractivity contribution is -0.117. The first-order chi connectivity index (χ1) is 11.0. The first-order valence-corrected chi connectivity index (χ1v) is 10.7. The zero-order valence-electron chi connectivity index (χ0n) is 13.0. The van der Waals surface area contributed by atoms with Gasteiger partial charge in [-0.15, -0.1) is 11.3 Å². The number of nitrogens with zero attached hydrogens (tertiary/aromatic N) is 1. The van der Waals surface area contributed by atoms with E-state index in [9.17, 15) is 13.2 Å². The van der Waals surface area contributed by atoms with Gasteiger partial charge in [0, 0.05) is 17.0 Å². The Morgan fingerprint density at radius 2 is 2.04 bits per heavy atom. The van der Waals surface area contributed by atoms with Crippen LogP contribution >= 0.6 is 11.3 Å².